The molecular weight excluding hydrogens is 118 g/mol. The van der Waals surface area contributed by atoms with Gasteiger partial charge in [-0.05, 0) is 13.6 Å². The van der Waals surface area contributed by atoms with Crippen LogP contribution in [0.3, 0.4) is 0 Å². The van der Waals surface area contributed by atoms with E-state index >= 15 is 0 Å². The van der Waals surface area contributed by atoms with Crippen molar-refractivity contribution < 1.29 is 9.53 Å². The lowest BCUT2D eigenvalue weighted by molar-refractivity contribution is -0.142. The van der Waals surface area contributed by atoms with Gasteiger partial charge in [0.2, 0.25) is 0 Å². The maximum atomic E-state index is 10.5. The van der Waals surface area contributed by atoms with E-state index in [1.165, 1.54) is 0 Å². The Morgan fingerprint density at radius 2 is 2.44 bits per heavy atom. The summed E-state index contributed by atoms with van der Waals surface area (Å²) in [5, 5.41) is 0. The third kappa shape index (κ3) is 5.00. The van der Waals surface area contributed by atoms with E-state index in [2.05, 4.69) is 16.4 Å². The molecule has 0 atom stereocenters. The Hall–Kier alpha value is -0.860. The Morgan fingerprint density at radius 3 is 2.89 bits per heavy atom. The molecule has 0 aliphatic carbocycles. The van der Waals surface area contributed by atoms with Crippen LogP contribution in [0.15, 0.2) is 4.99 Å². The molecule has 3 nitrogen and oxygen atoms in total. The van der Waals surface area contributed by atoms with Crippen molar-refractivity contribution in [1.29, 1.82) is 0 Å². The van der Waals surface area contributed by atoms with Gasteiger partial charge in [0.15, 0.2) is 0 Å². The monoisotopic (exact) mass is 129 g/mol. The molecule has 0 aliphatic heterocycles. The Balaban J connectivity index is 3.16. The molecule has 0 bridgehead atoms. The van der Waals surface area contributed by atoms with E-state index in [9.17, 15) is 4.79 Å². The summed E-state index contributed by atoms with van der Waals surface area (Å²) in [5.74, 6) is -0.204. The Morgan fingerprint density at radius 1 is 1.78 bits per heavy atom. The van der Waals surface area contributed by atoms with Gasteiger partial charge in [-0.1, -0.05) is 0 Å². The van der Waals surface area contributed by atoms with Crippen LogP contribution < -0.4 is 0 Å². The molecule has 0 rings (SSSR count). The average Bonchev–Trinajstić information content (AvgIpc) is 1.85. The molecule has 0 spiro atoms. The number of hydrogen-bond acceptors (Lipinski definition) is 3. The molecular formula is C6H11NO2. The van der Waals surface area contributed by atoms with Gasteiger partial charge in [0.05, 0.1) is 13.0 Å². The summed E-state index contributed by atoms with van der Waals surface area (Å²) >= 11 is 0. The minimum absolute atomic E-state index is 0.204. The predicted molar refractivity (Wildman–Crippen MR) is 35.7 cm³/mol. The van der Waals surface area contributed by atoms with Crippen LogP contribution in [0.1, 0.15) is 13.3 Å². The minimum atomic E-state index is -0.204. The standard InChI is InChI=1S/C6H11NO2/c1-3-9-6(8)4-5-7-2/h2-5H2,1H3. The van der Waals surface area contributed by atoms with Crippen molar-refractivity contribution in [3.05, 3.63) is 0 Å². The number of carbonyl (C=O) groups is 1. The Bertz CT molecular complexity index is 101. The fourth-order valence-electron chi connectivity index (χ4n) is 0.404. The van der Waals surface area contributed by atoms with Crippen molar-refractivity contribution in [3.8, 4) is 0 Å². The summed E-state index contributed by atoms with van der Waals surface area (Å²) in [5.41, 5.74) is 0. The molecule has 52 valence electrons. The third-order valence-electron chi connectivity index (χ3n) is 0.779. The fourth-order valence-corrected chi connectivity index (χ4v) is 0.404. The number of rotatable bonds is 4. The first-order valence-electron chi connectivity index (χ1n) is 2.89. The number of carbonyl (C=O) groups excluding carboxylic acids is 1. The van der Waals surface area contributed by atoms with E-state index < -0.39 is 0 Å². The molecule has 0 unspecified atom stereocenters. The lowest BCUT2D eigenvalue weighted by Crippen LogP contribution is -2.04. The first-order chi connectivity index (χ1) is 4.31. The highest BCUT2D eigenvalue weighted by molar-refractivity contribution is 5.69. The van der Waals surface area contributed by atoms with Crippen LogP contribution in [-0.4, -0.2) is 25.8 Å². The van der Waals surface area contributed by atoms with Crippen LogP contribution in [0.25, 0.3) is 0 Å². The lowest BCUT2D eigenvalue weighted by Gasteiger charge is -1.96. The van der Waals surface area contributed by atoms with Gasteiger partial charge in [-0.25, -0.2) is 0 Å². The number of aliphatic imine (C=N–C) groups is 1. The highest BCUT2D eigenvalue weighted by Crippen LogP contribution is 1.85. The molecule has 0 saturated heterocycles. The number of nitrogens with zero attached hydrogens (tertiary/aromatic N) is 1. The van der Waals surface area contributed by atoms with Gasteiger partial charge < -0.3 is 9.73 Å². The van der Waals surface area contributed by atoms with Gasteiger partial charge in [0.1, 0.15) is 0 Å². The highest BCUT2D eigenvalue weighted by Gasteiger charge is 1.97. The molecule has 0 saturated carbocycles. The van der Waals surface area contributed by atoms with Gasteiger partial charge in [0.25, 0.3) is 0 Å². The zero-order chi connectivity index (χ0) is 7.11. The number of hydrogen-bond donors (Lipinski definition) is 0. The first-order valence-corrected chi connectivity index (χ1v) is 2.89. The second-order valence-electron chi connectivity index (χ2n) is 1.50. The quantitative estimate of drug-likeness (QED) is 0.412. The van der Waals surface area contributed by atoms with E-state index in [-0.39, 0.29) is 5.97 Å². The van der Waals surface area contributed by atoms with Crippen LogP contribution in [0, 0.1) is 0 Å². The van der Waals surface area contributed by atoms with Crippen LogP contribution in [0.4, 0.5) is 0 Å². The molecule has 9 heavy (non-hydrogen) atoms. The minimum Gasteiger partial charge on any atom is -0.466 e. The Kier molecular flexibility index (Phi) is 4.78. The summed E-state index contributed by atoms with van der Waals surface area (Å²) in [6.07, 6.45) is 0.345. The molecule has 0 aromatic heterocycles. The van der Waals surface area contributed by atoms with Crippen LogP contribution in [-0.2, 0) is 9.53 Å². The molecule has 0 aromatic carbocycles. The summed E-state index contributed by atoms with van der Waals surface area (Å²) in [7, 11) is 0. The summed E-state index contributed by atoms with van der Waals surface area (Å²) in [4.78, 5) is 14.0. The summed E-state index contributed by atoms with van der Waals surface area (Å²) in [6, 6.07) is 0. The topological polar surface area (TPSA) is 38.7 Å². The molecule has 0 amide bonds. The summed E-state index contributed by atoms with van der Waals surface area (Å²) in [6.45, 7) is 5.91. The van der Waals surface area contributed by atoms with Crippen molar-refractivity contribution in [2.45, 2.75) is 13.3 Å². The zero-order valence-corrected chi connectivity index (χ0v) is 5.59. The molecule has 0 aromatic rings. The normalized spacial score (nSPS) is 8.56. The van der Waals surface area contributed by atoms with Crippen molar-refractivity contribution >= 4 is 12.7 Å². The van der Waals surface area contributed by atoms with Gasteiger partial charge in [0, 0.05) is 6.54 Å². The van der Waals surface area contributed by atoms with Crippen LogP contribution in [0.2, 0.25) is 0 Å². The molecule has 0 radical (unpaired) electrons. The number of ether oxygens (including phenoxy) is 1. The number of esters is 1. The van der Waals surface area contributed by atoms with E-state index in [4.69, 9.17) is 0 Å². The first kappa shape index (κ1) is 8.14. The lowest BCUT2D eigenvalue weighted by atomic mass is 10.4. The highest BCUT2D eigenvalue weighted by atomic mass is 16.5. The summed E-state index contributed by atoms with van der Waals surface area (Å²) < 4.78 is 4.62. The molecule has 0 fully saturated rings. The van der Waals surface area contributed by atoms with Crippen LogP contribution in [0.5, 0.6) is 0 Å². The van der Waals surface area contributed by atoms with Gasteiger partial charge in [-0.3, -0.25) is 4.79 Å². The smallest absolute Gasteiger partial charge is 0.307 e. The third-order valence-corrected chi connectivity index (χ3v) is 0.779. The van der Waals surface area contributed by atoms with Crippen molar-refractivity contribution in [1.82, 2.24) is 0 Å². The fraction of sp³-hybridized carbons (Fsp3) is 0.667. The van der Waals surface area contributed by atoms with Crippen LogP contribution >= 0.6 is 0 Å². The van der Waals surface area contributed by atoms with Gasteiger partial charge >= 0.3 is 5.97 Å². The molecule has 3 heteroatoms. The van der Waals surface area contributed by atoms with Crippen molar-refractivity contribution in [2.75, 3.05) is 13.2 Å². The molecule has 0 N–H and O–H groups in total. The van der Waals surface area contributed by atoms with Crippen molar-refractivity contribution in [3.63, 3.8) is 0 Å². The molecule has 0 aliphatic rings. The second kappa shape index (κ2) is 5.28. The van der Waals surface area contributed by atoms with Gasteiger partial charge in [-0.15, -0.1) is 0 Å². The second-order valence-corrected chi connectivity index (χ2v) is 1.50. The maximum absolute atomic E-state index is 10.5. The molecule has 0 heterocycles. The SMILES string of the molecule is C=NCCC(=O)OCC. The average molecular weight is 129 g/mol. The van der Waals surface area contributed by atoms with Gasteiger partial charge in [-0.2, -0.15) is 0 Å². The van der Waals surface area contributed by atoms with E-state index in [0.29, 0.717) is 19.6 Å². The van der Waals surface area contributed by atoms with E-state index in [0.717, 1.165) is 0 Å². The zero-order valence-electron chi connectivity index (χ0n) is 5.59. The van der Waals surface area contributed by atoms with E-state index in [1.54, 1.807) is 6.92 Å². The van der Waals surface area contributed by atoms with E-state index in [1.807, 2.05) is 0 Å². The van der Waals surface area contributed by atoms with Crippen molar-refractivity contribution in [2.24, 2.45) is 4.99 Å². The largest absolute Gasteiger partial charge is 0.466 e. The Labute approximate surface area is 54.7 Å². The predicted octanol–water partition coefficient (Wildman–Crippen LogP) is 0.640. The maximum Gasteiger partial charge on any atom is 0.307 e.